The molecule has 1 heterocycles. The molecule has 1 atom stereocenters. The Morgan fingerprint density at radius 1 is 1.33 bits per heavy atom. The first-order valence-electron chi connectivity index (χ1n) is 5.79. The van der Waals surface area contributed by atoms with Crippen molar-refractivity contribution in [2.24, 2.45) is 0 Å². The standard InChI is InChI=1S/C13H16O4S/c1-16-9-5-6-10(17-2)12-11(9)8(13(14)15)4-3-7-18-12/h5-6,8H,3-4,7H2,1-2H3,(H,14,15). The number of hydrogen-bond donors (Lipinski definition) is 1. The third-order valence-corrected chi connectivity index (χ3v) is 4.29. The lowest BCUT2D eigenvalue weighted by molar-refractivity contribution is -0.139. The van der Waals surface area contributed by atoms with E-state index in [2.05, 4.69) is 0 Å². The van der Waals surface area contributed by atoms with Crippen molar-refractivity contribution in [1.82, 2.24) is 0 Å². The zero-order chi connectivity index (χ0) is 13.1. The summed E-state index contributed by atoms with van der Waals surface area (Å²) in [7, 11) is 3.17. The fourth-order valence-electron chi connectivity index (χ4n) is 2.23. The Morgan fingerprint density at radius 3 is 2.61 bits per heavy atom. The van der Waals surface area contributed by atoms with Gasteiger partial charge in [0.15, 0.2) is 0 Å². The van der Waals surface area contributed by atoms with Gasteiger partial charge in [0.1, 0.15) is 11.5 Å². The van der Waals surface area contributed by atoms with Gasteiger partial charge in [0.05, 0.1) is 25.0 Å². The monoisotopic (exact) mass is 268 g/mol. The highest BCUT2D eigenvalue weighted by Gasteiger charge is 2.30. The molecule has 0 saturated carbocycles. The van der Waals surface area contributed by atoms with Crippen LogP contribution in [0.5, 0.6) is 11.5 Å². The predicted molar refractivity (Wildman–Crippen MR) is 69.9 cm³/mol. The zero-order valence-corrected chi connectivity index (χ0v) is 11.3. The lowest BCUT2D eigenvalue weighted by atomic mass is 9.93. The van der Waals surface area contributed by atoms with Gasteiger partial charge in [0, 0.05) is 5.56 Å². The number of carboxylic acid groups (broad SMARTS) is 1. The molecule has 1 unspecified atom stereocenters. The summed E-state index contributed by atoms with van der Waals surface area (Å²) in [5.41, 5.74) is 0.756. The Balaban J connectivity index is 2.62. The second kappa shape index (κ2) is 5.52. The quantitative estimate of drug-likeness (QED) is 0.913. The topological polar surface area (TPSA) is 55.8 Å². The van der Waals surface area contributed by atoms with Gasteiger partial charge in [0.2, 0.25) is 0 Å². The molecule has 0 amide bonds. The smallest absolute Gasteiger partial charge is 0.311 e. The molecule has 2 rings (SSSR count). The van der Waals surface area contributed by atoms with Crippen LogP contribution in [0.4, 0.5) is 0 Å². The van der Waals surface area contributed by atoms with Gasteiger partial charge in [-0.2, -0.15) is 0 Å². The summed E-state index contributed by atoms with van der Waals surface area (Å²) >= 11 is 1.64. The molecule has 0 aromatic heterocycles. The van der Waals surface area contributed by atoms with Crippen LogP contribution in [0.1, 0.15) is 24.3 Å². The Bertz CT molecular complexity index is 459. The molecule has 18 heavy (non-hydrogen) atoms. The second-order valence-electron chi connectivity index (χ2n) is 4.09. The van der Waals surface area contributed by atoms with Crippen molar-refractivity contribution in [3.63, 3.8) is 0 Å². The predicted octanol–water partition coefficient (Wildman–Crippen LogP) is 2.76. The maximum absolute atomic E-state index is 11.4. The highest BCUT2D eigenvalue weighted by Crippen LogP contribution is 2.46. The normalized spacial score (nSPS) is 18.7. The SMILES string of the molecule is COc1ccc(OC)c2c1SCCCC2C(=O)O. The van der Waals surface area contributed by atoms with Crippen LogP contribution in [0.25, 0.3) is 0 Å². The minimum absolute atomic E-state index is 0.514. The van der Waals surface area contributed by atoms with Crippen LogP contribution in [-0.2, 0) is 4.79 Å². The third kappa shape index (κ3) is 2.27. The Kier molecular flexibility index (Phi) is 4.01. The highest BCUT2D eigenvalue weighted by molar-refractivity contribution is 7.99. The summed E-state index contributed by atoms with van der Waals surface area (Å²) in [6.45, 7) is 0. The molecule has 1 N–H and O–H groups in total. The van der Waals surface area contributed by atoms with Gasteiger partial charge >= 0.3 is 5.97 Å². The lowest BCUT2D eigenvalue weighted by Crippen LogP contribution is -2.13. The van der Waals surface area contributed by atoms with E-state index in [1.807, 2.05) is 6.07 Å². The molecule has 4 nitrogen and oxygen atoms in total. The molecule has 0 radical (unpaired) electrons. The summed E-state index contributed by atoms with van der Waals surface area (Å²) < 4.78 is 10.6. The second-order valence-corrected chi connectivity index (χ2v) is 5.20. The highest BCUT2D eigenvalue weighted by atomic mass is 32.2. The van der Waals surface area contributed by atoms with Gasteiger partial charge in [-0.05, 0) is 30.7 Å². The number of methoxy groups -OCH3 is 2. The first kappa shape index (κ1) is 13.1. The van der Waals surface area contributed by atoms with E-state index in [-0.39, 0.29) is 0 Å². The van der Waals surface area contributed by atoms with Crippen LogP contribution in [-0.4, -0.2) is 31.0 Å². The summed E-state index contributed by atoms with van der Waals surface area (Å²) in [4.78, 5) is 12.3. The molecule has 0 bridgehead atoms. The Morgan fingerprint density at radius 2 is 2.00 bits per heavy atom. The van der Waals surface area contributed by atoms with Crippen molar-refractivity contribution in [2.75, 3.05) is 20.0 Å². The number of fused-ring (bicyclic) bond motifs is 1. The van der Waals surface area contributed by atoms with E-state index in [0.717, 1.165) is 28.4 Å². The molecule has 98 valence electrons. The molecule has 0 aliphatic carbocycles. The van der Waals surface area contributed by atoms with Crippen molar-refractivity contribution < 1.29 is 19.4 Å². The largest absolute Gasteiger partial charge is 0.496 e. The average molecular weight is 268 g/mol. The van der Waals surface area contributed by atoms with Crippen molar-refractivity contribution in [3.05, 3.63) is 17.7 Å². The zero-order valence-electron chi connectivity index (χ0n) is 10.4. The summed E-state index contributed by atoms with van der Waals surface area (Å²) in [6, 6.07) is 3.61. The number of ether oxygens (including phenoxy) is 2. The number of hydrogen-bond acceptors (Lipinski definition) is 4. The van der Waals surface area contributed by atoms with Crippen molar-refractivity contribution in [1.29, 1.82) is 0 Å². The van der Waals surface area contributed by atoms with Gasteiger partial charge in [-0.1, -0.05) is 0 Å². The lowest BCUT2D eigenvalue weighted by Gasteiger charge is -2.18. The molecular formula is C13H16O4S. The maximum atomic E-state index is 11.4. The number of thioether (sulfide) groups is 1. The molecule has 0 spiro atoms. The number of benzene rings is 1. The van der Waals surface area contributed by atoms with Gasteiger partial charge in [-0.3, -0.25) is 4.79 Å². The molecule has 1 aromatic carbocycles. The van der Waals surface area contributed by atoms with E-state index in [4.69, 9.17) is 9.47 Å². The number of carboxylic acids is 1. The Hall–Kier alpha value is -1.36. The summed E-state index contributed by atoms with van der Waals surface area (Å²) in [5.74, 6) is 0.947. The van der Waals surface area contributed by atoms with Crippen molar-refractivity contribution in [3.8, 4) is 11.5 Å². The molecule has 1 aliphatic heterocycles. The first-order valence-corrected chi connectivity index (χ1v) is 6.78. The molecule has 1 aliphatic rings. The summed E-state index contributed by atoms with van der Waals surface area (Å²) in [6.07, 6.45) is 1.52. The minimum Gasteiger partial charge on any atom is -0.496 e. The van der Waals surface area contributed by atoms with E-state index < -0.39 is 11.9 Å². The first-order chi connectivity index (χ1) is 8.69. The number of rotatable bonds is 3. The Labute approximate surface area is 110 Å². The molecular weight excluding hydrogens is 252 g/mol. The molecule has 5 heteroatoms. The van der Waals surface area contributed by atoms with Crippen molar-refractivity contribution in [2.45, 2.75) is 23.7 Å². The van der Waals surface area contributed by atoms with Gasteiger partial charge < -0.3 is 14.6 Å². The van der Waals surface area contributed by atoms with Crippen LogP contribution in [0, 0.1) is 0 Å². The fourth-order valence-corrected chi connectivity index (χ4v) is 3.44. The van der Waals surface area contributed by atoms with Crippen molar-refractivity contribution >= 4 is 17.7 Å². The van der Waals surface area contributed by atoms with Crippen LogP contribution in [0.15, 0.2) is 17.0 Å². The van der Waals surface area contributed by atoms with E-state index in [1.165, 1.54) is 0 Å². The number of carbonyl (C=O) groups is 1. The van der Waals surface area contributed by atoms with E-state index in [0.29, 0.717) is 12.2 Å². The van der Waals surface area contributed by atoms with Crippen LogP contribution < -0.4 is 9.47 Å². The van der Waals surface area contributed by atoms with E-state index in [1.54, 1.807) is 32.0 Å². The molecule has 0 saturated heterocycles. The van der Waals surface area contributed by atoms with Gasteiger partial charge in [-0.15, -0.1) is 11.8 Å². The van der Waals surface area contributed by atoms with Crippen LogP contribution in [0.3, 0.4) is 0 Å². The van der Waals surface area contributed by atoms with Gasteiger partial charge in [-0.25, -0.2) is 0 Å². The van der Waals surface area contributed by atoms with Gasteiger partial charge in [0.25, 0.3) is 0 Å². The minimum atomic E-state index is -0.801. The van der Waals surface area contributed by atoms with Crippen LogP contribution >= 0.6 is 11.8 Å². The third-order valence-electron chi connectivity index (χ3n) is 3.09. The van der Waals surface area contributed by atoms with E-state index >= 15 is 0 Å². The average Bonchev–Trinajstić information content (AvgIpc) is 2.60. The van der Waals surface area contributed by atoms with Crippen LogP contribution in [0.2, 0.25) is 0 Å². The molecule has 1 aromatic rings. The fraction of sp³-hybridized carbons (Fsp3) is 0.462. The maximum Gasteiger partial charge on any atom is 0.311 e. The van der Waals surface area contributed by atoms with E-state index in [9.17, 15) is 9.90 Å². The number of aliphatic carboxylic acids is 1. The summed E-state index contributed by atoms with van der Waals surface area (Å²) in [5, 5.41) is 9.39. The molecule has 0 fully saturated rings.